The highest BCUT2D eigenvalue weighted by atomic mass is 79.9. The molecule has 0 aromatic heterocycles. The van der Waals surface area contributed by atoms with Crippen LogP contribution in [0, 0.1) is 0 Å². The van der Waals surface area contributed by atoms with Gasteiger partial charge in [-0.05, 0) is 19.3 Å². The van der Waals surface area contributed by atoms with Crippen LogP contribution in [0.15, 0.2) is 0 Å². The van der Waals surface area contributed by atoms with Gasteiger partial charge in [-0.15, -0.1) is 0 Å². The van der Waals surface area contributed by atoms with E-state index in [0.717, 1.165) is 6.54 Å². The number of hydrogen-bond acceptors (Lipinski definition) is 2. The summed E-state index contributed by atoms with van der Waals surface area (Å²) in [4.78, 5) is 12.4. The van der Waals surface area contributed by atoms with Gasteiger partial charge in [0.15, 0.2) is 0 Å². The first-order valence-corrected chi connectivity index (χ1v) is 6.00. The topological polar surface area (TPSA) is 30.7 Å². The zero-order valence-electron chi connectivity index (χ0n) is 7.85. The van der Waals surface area contributed by atoms with Gasteiger partial charge in [-0.1, -0.05) is 15.9 Å². The van der Waals surface area contributed by atoms with Crippen LogP contribution in [0.5, 0.6) is 0 Å². The van der Waals surface area contributed by atoms with Crippen molar-refractivity contribution in [3.8, 4) is 0 Å². The van der Waals surface area contributed by atoms with Crippen LogP contribution in [0.3, 0.4) is 0 Å². The van der Waals surface area contributed by atoms with Crippen LogP contribution >= 0.6 is 15.9 Å². The van der Waals surface area contributed by atoms with Gasteiger partial charge in [-0.25, -0.2) is 0 Å². The van der Waals surface area contributed by atoms with Crippen molar-refractivity contribution >= 4 is 21.9 Å². The zero-order valence-corrected chi connectivity index (χ0v) is 9.44. The number of quaternary nitrogens is 1. The molecule has 0 aromatic rings. The predicted molar refractivity (Wildman–Crippen MR) is 54.2 cm³/mol. The largest absolute Gasteiger partial charge is 0.459 e. The molecule has 0 atom stereocenters. The molecule has 0 unspecified atom stereocenters. The summed E-state index contributed by atoms with van der Waals surface area (Å²) in [5.74, 6) is -0.156. The minimum Gasteiger partial charge on any atom is -0.459 e. The standard InChI is InChI=1S/C9H16BrNO2/c10-8-9(12)13-7-6-11-4-2-1-3-5-11/h1-8H2/p+1. The van der Waals surface area contributed by atoms with Gasteiger partial charge in [0.1, 0.15) is 18.5 Å². The number of ether oxygens (including phenoxy) is 1. The molecule has 76 valence electrons. The summed E-state index contributed by atoms with van der Waals surface area (Å²) in [5, 5.41) is 0.308. The number of hydrogen-bond donors (Lipinski definition) is 1. The van der Waals surface area contributed by atoms with Crippen LogP contribution in [0.25, 0.3) is 0 Å². The SMILES string of the molecule is O=C(CBr)OCC[NH+]1CCCCC1. The van der Waals surface area contributed by atoms with E-state index in [1.165, 1.54) is 32.4 Å². The number of alkyl halides is 1. The van der Waals surface area contributed by atoms with E-state index >= 15 is 0 Å². The Morgan fingerprint density at radius 1 is 1.31 bits per heavy atom. The Kier molecular flexibility index (Phi) is 5.39. The average molecular weight is 251 g/mol. The molecule has 0 radical (unpaired) electrons. The van der Waals surface area contributed by atoms with Crippen LogP contribution < -0.4 is 4.90 Å². The van der Waals surface area contributed by atoms with Crippen LogP contribution in [-0.4, -0.2) is 37.5 Å². The van der Waals surface area contributed by atoms with E-state index < -0.39 is 0 Å². The van der Waals surface area contributed by atoms with Gasteiger partial charge in [0.05, 0.1) is 13.1 Å². The fourth-order valence-electron chi connectivity index (χ4n) is 1.65. The Morgan fingerprint density at radius 2 is 2.00 bits per heavy atom. The summed E-state index contributed by atoms with van der Waals surface area (Å²) < 4.78 is 4.99. The van der Waals surface area contributed by atoms with E-state index in [4.69, 9.17) is 4.74 Å². The summed E-state index contributed by atoms with van der Waals surface area (Å²) in [7, 11) is 0. The summed E-state index contributed by atoms with van der Waals surface area (Å²) in [5.41, 5.74) is 0. The maximum Gasteiger partial charge on any atom is 0.316 e. The first-order chi connectivity index (χ1) is 6.33. The second-order valence-electron chi connectivity index (χ2n) is 3.41. The number of halogens is 1. The molecule has 1 aliphatic rings. The molecule has 13 heavy (non-hydrogen) atoms. The molecular formula is C9H17BrNO2+. The van der Waals surface area contributed by atoms with E-state index in [-0.39, 0.29) is 5.97 Å². The van der Waals surface area contributed by atoms with Gasteiger partial charge in [0.2, 0.25) is 0 Å². The Hall–Kier alpha value is -0.0900. The van der Waals surface area contributed by atoms with Crippen molar-refractivity contribution < 1.29 is 14.4 Å². The second kappa shape index (κ2) is 6.38. The van der Waals surface area contributed by atoms with Gasteiger partial charge in [-0.3, -0.25) is 4.79 Å². The molecule has 0 aromatic carbocycles. The number of nitrogens with one attached hydrogen (secondary N) is 1. The highest BCUT2D eigenvalue weighted by Crippen LogP contribution is 1.94. The molecule has 1 rings (SSSR count). The lowest BCUT2D eigenvalue weighted by molar-refractivity contribution is -0.905. The molecule has 1 N–H and O–H groups in total. The number of esters is 1. The van der Waals surface area contributed by atoms with Crippen molar-refractivity contribution in [2.45, 2.75) is 19.3 Å². The van der Waals surface area contributed by atoms with Gasteiger partial charge in [-0.2, -0.15) is 0 Å². The Labute approximate surface area is 87.6 Å². The van der Waals surface area contributed by atoms with Crippen molar-refractivity contribution in [1.29, 1.82) is 0 Å². The fraction of sp³-hybridized carbons (Fsp3) is 0.889. The van der Waals surface area contributed by atoms with E-state index in [2.05, 4.69) is 15.9 Å². The molecule has 1 aliphatic heterocycles. The average Bonchev–Trinajstić information content (AvgIpc) is 2.19. The highest BCUT2D eigenvalue weighted by Gasteiger charge is 2.13. The maximum atomic E-state index is 10.8. The third-order valence-electron chi connectivity index (χ3n) is 2.39. The monoisotopic (exact) mass is 250 g/mol. The van der Waals surface area contributed by atoms with Gasteiger partial charge in [0.25, 0.3) is 0 Å². The van der Waals surface area contributed by atoms with E-state index in [1.54, 1.807) is 4.90 Å². The smallest absolute Gasteiger partial charge is 0.316 e. The first-order valence-electron chi connectivity index (χ1n) is 4.88. The normalized spacial score (nSPS) is 18.5. The third kappa shape index (κ3) is 4.62. The number of carbonyl (C=O) groups is 1. The fourth-order valence-corrected chi connectivity index (χ4v) is 1.81. The van der Waals surface area contributed by atoms with Crippen molar-refractivity contribution in [3.05, 3.63) is 0 Å². The van der Waals surface area contributed by atoms with Gasteiger partial charge >= 0.3 is 5.97 Å². The molecule has 1 fully saturated rings. The third-order valence-corrected chi connectivity index (χ3v) is 2.85. The minimum absolute atomic E-state index is 0.156. The van der Waals surface area contributed by atoms with E-state index in [9.17, 15) is 4.79 Å². The van der Waals surface area contributed by atoms with E-state index in [0.29, 0.717) is 11.9 Å². The van der Waals surface area contributed by atoms with Crippen LogP contribution in [0.2, 0.25) is 0 Å². The molecule has 1 saturated heterocycles. The molecule has 0 saturated carbocycles. The lowest BCUT2D eigenvalue weighted by atomic mass is 10.1. The number of rotatable bonds is 4. The molecule has 0 bridgehead atoms. The molecule has 1 heterocycles. The van der Waals surface area contributed by atoms with E-state index in [1.807, 2.05) is 0 Å². The molecule has 4 heteroatoms. The van der Waals surface area contributed by atoms with Crippen molar-refractivity contribution in [2.75, 3.05) is 31.6 Å². The molecule has 0 aliphatic carbocycles. The van der Waals surface area contributed by atoms with Crippen LogP contribution in [-0.2, 0) is 9.53 Å². The van der Waals surface area contributed by atoms with Gasteiger partial charge < -0.3 is 9.64 Å². The van der Waals surface area contributed by atoms with Crippen LogP contribution in [0.4, 0.5) is 0 Å². The van der Waals surface area contributed by atoms with Crippen molar-refractivity contribution in [3.63, 3.8) is 0 Å². The predicted octanol–water partition coefficient (Wildman–Crippen LogP) is -0.00670. The Balaban J connectivity index is 2.01. The lowest BCUT2D eigenvalue weighted by Crippen LogP contribution is -3.13. The maximum absolute atomic E-state index is 10.8. The summed E-state index contributed by atoms with van der Waals surface area (Å²) >= 11 is 3.06. The number of likely N-dealkylation sites (tertiary alicyclic amines) is 1. The highest BCUT2D eigenvalue weighted by molar-refractivity contribution is 9.09. The lowest BCUT2D eigenvalue weighted by Gasteiger charge is -2.22. The Morgan fingerprint density at radius 3 is 2.62 bits per heavy atom. The molecule has 0 spiro atoms. The number of piperidine rings is 1. The second-order valence-corrected chi connectivity index (χ2v) is 3.98. The Bertz CT molecular complexity index is 158. The minimum atomic E-state index is -0.156. The zero-order chi connectivity index (χ0) is 9.52. The first kappa shape index (κ1) is 11.0. The molecular weight excluding hydrogens is 234 g/mol. The quantitative estimate of drug-likeness (QED) is 0.563. The van der Waals surface area contributed by atoms with Crippen molar-refractivity contribution in [2.24, 2.45) is 0 Å². The summed E-state index contributed by atoms with van der Waals surface area (Å²) in [6.45, 7) is 4.02. The molecule has 0 amide bonds. The summed E-state index contributed by atoms with van der Waals surface area (Å²) in [6.07, 6.45) is 4.01. The number of carbonyl (C=O) groups excluding carboxylic acids is 1. The van der Waals surface area contributed by atoms with Crippen LogP contribution in [0.1, 0.15) is 19.3 Å². The van der Waals surface area contributed by atoms with Gasteiger partial charge in [0, 0.05) is 0 Å². The summed E-state index contributed by atoms with van der Waals surface area (Å²) in [6, 6.07) is 0. The van der Waals surface area contributed by atoms with Crippen molar-refractivity contribution in [1.82, 2.24) is 0 Å². The molecule has 3 nitrogen and oxygen atoms in total.